The Morgan fingerprint density at radius 2 is 1.63 bits per heavy atom. The SMILES string of the molecule is COc1ccc(OCCOC(=O)c2sc3c(Cl)c(OC)ccc3c2Cl)cc1. The van der Waals surface area contributed by atoms with Crippen LogP contribution in [-0.4, -0.2) is 33.4 Å². The number of rotatable bonds is 7. The minimum atomic E-state index is -0.519. The van der Waals surface area contributed by atoms with Crippen molar-refractivity contribution in [3.05, 3.63) is 51.3 Å². The molecule has 0 saturated carbocycles. The maximum atomic E-state index is 12.4. The van der Waals surface area contributed by atoms with Crippen LogP contribution >= 0.6 is 34.5 Å². The molecule has 8 heteroatoms. The van der Waals surface area contributed by atoms with Gasteiger partial charge in [0.05, 0.1) is 23.9 Å². The second-order valence-corrected chi connectivity index (χ2v) is 7.14. The fraction of sp³-hybridized carbons (Fsp3) is 0.211. The molecule has 1 aromatic heterocycles. The van der Waals surface area contributed by atoms with E-state index in [1.165, 1.54) is 18.4 Å². The second kappa shape index (κ2) is 8.69. The summed E-state index contributed by atoms with van der Waals surface area (Å²) in [4.78, 5) is 12.7. The van der Waals surface area contributed by atoms with Crippen molar-refractivity contribution in [2.24, 2.45) is 0 Å². The number of methoxy groups -OCH3 is 2. The highest BCUT2D eigenvalue weighted by molar-refractivity contribution is 7.22. The van der Waals surface area contributed by atoms with Gasteiger partial charge in [-0.15, -0.1) is 11.3 Å². The van der Waals surface area contributed by atoms with Crippen LogP contribution in [0.15, 0.2) is 36.4 Å². The summed E-state index contributed by atoms with van der Waals surface area (Å²) in [5, 5.41) is 1.43. The van der Waals surface area contributed by atoms with Gasteiger partial charge in [0.2, 0.25) is 0 Å². The van der Waals surface area contributed by atoms with Crippen LogP contribution in [-0.2, 0) is 4.74 Å². The number of carbonyl (C=O) groups excluding carboxylic acids is 1. The minimum Gasteiger partial charge on any atom is -0.497 e. The quantitative estimate of drug-likeness (QED) is 0.370. The third kappa shape index (κ3) is 4.24. The Bertz CT molecular complexity index is 953. The maximum Gasteiger partial charge on any atom is 0.350 e. The summed E-state index contributed by atoms with van der Waals surface area (Å²) in [5.74, 6) is 1.40. The Morgan fingerprint density at radius 3 is 2.30 bits per heavy atom. The van der Waals surface area contributed by atoms with E-state index in [0.717, 1.165) is 5.75 Å². The molecule has 0 saturated heterocycles. The molecule has 0 spiro atoms. The highest BCUT2D eigenvalue weighted by Gasteiger charge is 2.21. The zero-order valence-electron chi connectivity index (χ0n) is 14.6. The predicted molar refractivity (Wildman–Crippen MR) is 107 cm³/mol. The van der Waals surface area contributed by atoms with Gasteiger partial charge in [0, 0.05) is 5.39 Å². The van der Waals surface area contributed by atoms with Crippen molar-refractivity contribution in [1.29, 1.82) is 0 Å². The van der Waals surface area contributed by atoms with Gasteiger partial charge in [-0.25, -0.2) is 4.79 Å². The summed E-state index contributed by atoms with van der Waals surface area (Å²) in [5.41, 5.74) is 0. The van der Waals surface area contributed by atoms with Crippen LogP contribution in [0.5, 0.6) is 17.2 Å². The van der Waals surface area contributed by atoms with E-state index in [1.54, 1.807) is 43.5 Å². The highest BCUT2D eigenvalue weighted by Crippen LogP contribution is 2.43. The Balaban J connectivity index is 1.62. The van der Waals surface area contributed by atoms with E-state index in [4.69, 9.17) is 42.1 Å². The summed E-state index contributed by atoms with van der Waals surface area (Å²) < 4.78 is 21.7. The number of fused-ring (bicyclic) bond motifs is 1. The molecule has 0 N–H and O–H groups in total. The molecule has 3 rings (SSSR count). The average molecular weight is 427 g/mol. The third-order valence-electron chi connectivity index (χ3n) is 3.75. The van der Waals surface area contributed by atoms with Crippen molar-refractivity contribution in [1.82, 2.24) is 0 Å². The number of hydrogen-bond acceptors (Lipinski definition) is 6. The van der Waals surface area contributed by atoms with E-state index >= 15 is 0 Å². The second-order valence-electron chi connectivity index (χ2n) is 5.36. The molecule has 0 aliphatic carbocycles. The first kappa shape index (κ1) is 19.6. The normalized spacial score (nSPS) is 10.7. The maximum absolute atomic E-state index is 12.4. The van der Waals surface area contributed by atoms with Gasteiger partial charge in [-0.3, -0.25) is 0 Å². The van der Waals surface area contributed by atoms with Gasteiger partial charge in [0.1, 0.15) is 40.4 Å². The summed E-state index contributed by atoms with van der Waals surface area (Å²) in [7, 11) is 3.12. The first-order valence-corrected chi connectivity index (χ1v) is 9.51. The van der Waals surface area contributed by atoms with Crippen LogP contribution in [0.4, 0.5) is 0 Å². The topological polar surface area (TPSA) is 54.0 Å². The van der Waals surface area contributed by atoms with Gasteiger partial charge >= 0.3 is 5.97 Å². The lowest BCUT2D eigenvalue weighted by Gasteiger charge is -2.07. The number of hydrogen-bond donors (Lipinski definition) is 0. The van der Waals surface area contributed by atoms with Crippen molar-refractivity contribution in [2.45, 2.75) is 0 Å². The van der Waals surface area contributed by atoms with Crippen molar-refractivity contribution < 1.29 is 23.7 Å². The van der Waals surface area contributed by atoms with Crippen molar-refractivity contribution in [3.8, 4) is 17.2 Å². The zero-order chi connectivity index (χ0) is 19.4. The van der Waals surface area contributed by atoms with E-state index < -0.39 is 5.97 Å². The molecular weight excluding hydrogens is 411 g/mol. The van der Waals surface area contributed by atoms with Crippen molar-refractivity contribution in [3.63, 3.8) is 0 Å². The van der Waals surface area contributed by atoms with Gasteiger partial charge in [-0.1, -0.05) is 23.2 Å². The fourth-order valence-corrected chi connectivity index (χ4v) is 4.18. The van der Waals surface area contributed by atoms with Crippen LogP contribution in [0.1, 0.15) is 9.67 Å². The first-order chi connectivity index (χ1) is 13.0. The van der Waals surface area contributed by atoms with Gasteiger partial charge in [-0.05, 0) is 36.4 Å². The zero-order valence-corrected chi connectivity index (χ0v) is 16.9. The molecule has 0 bridgehead atoms. The molecule has 0 atom stereocenters. The van der Waals surface area contributed by atoms with E-state index in [9.17, 15) is 4.79 Å². The molecule has 0 radical (unpaired) electrons. The average Bonchev–Trinajstić information content (AvgIpc) is 3.03. The van der Waals surface area contributed by atoms with E-state index in [-0.39, 0.29) is 13.2 Å². The summed E-state index contributed by atoms with van der Waals surface area (Å²) in [6.45, 7) is 0.307. The van der Waals surface area contributed by atoms with E-state index in [0.29, 0.717) is 36.5 Å². The van der Waals surface area contributed by atoms with Crippen LogP contribution in [0, 0.1) is 0 Å². The molecule has 142 valence electrons. The van der Waals surface area contributed by atoms with Gasteiger partial charge in [-0.2, -0.15) is 0 Å². The number of benzene rings is 2. The molecule has 2 aromatic carbocycles. The van der Waals surface area contributed by atoms with E-state index in [1.807, 2.05) is 0 Å². The monoisotopic (exact) mass is 426 g/mol. The van der Waals surface area contributed by atoms with Crippen molar-refractivity contribution >= 4 is 50.6 Å². The smallest absolute Gasteiger partial charge is 0.350 e. The molecule has 0 unspecified atom stereocenters. The molecular formula is C19H16Cl2O5S. The largest absolute Gasteiger partial charge is 0.497 e. The molecule has 5 nitrogen and oxygen atoms in total. The van der Waals surface area contributed by atoms with Crippen molar-refractivity contribution in [2.75, 3.05) is 27.4 Å². The number of carbonyl (C=O) groups is 1. The van der Waals surface area contributed by atoms with Crippen LogP contribution in [0.25, 0.3) is 10.1 Å². The number of halogens is 2. The number of thiophene rings is 1. The molecule has 1 heterocycles. The molecule has 27 heavy (non-hydrogen) atoms. The lowest BCUT2D eigenvalue weighted by Crippen LogP contribution is -2.11. The molecule has 3 aromatic rings. The standard InChI is InChI=1S/C19H16Cl2O5S/c1-23-11-3-5-12(6-4-11)25-9-10-26-19(22)18-15(20)13-7-8-14(24-2)16(21)17(13)27-18/h3-8H,9-10H2,1-2H3. The minimum absolute atomic E-state index is 0.0898. The Hall–Kier alpha value is -2.15. The summed E-state index contributed by atoms with van der Waals surface area (Å²) in [6.07, 6.45) is 0. The predicted octanol–water partition coefficient (Wildman–Crippen LogP) is 5.46. The Morgan fingerprint density at radius 1 is 0.926 bits per heavy atom. The molecule has 0 amide bonds. The van der Waals surface area contributed by atoms with Crippen LogP contribution in [0.3, 0.4) is 0 Å². The summed E-state index contributed by atoms with van der Waals surface area (Å²) >= 11 is 13.8. The molecule has 0 fully saturated rings. The number of ether oxygens (including phenoxy) is 4. The van der Waals surface area contributed by atoms with E-state index in [2.05, 4.69) is 0 Å². The van der Waals surface area contributed by atoms with Gasteiger partial charge < -0.3 is 18.9 Å². The molecule has 0 aliphatic heterocycles. The number of esters is 1. The fourth-order valence-electron chi connectivity index (χ4n) is 2.40. The third-order valence-corrected chi connectivity index (χ3v) is 5.95. The first-order valence-electron chi connectivity index (χ1n) is 7.93. The molecule has 0 aliphatic rings. The van der Waals surface area contributed by atoms with Crippen LogP contribution < -0.4 is 14.2 Å². The lowest BCUT2D eigenvalue weighted by atomic mass is 10.2. The highest BCUT2D eigenvalue weighted by atomic mass is 35.5. The summed E-state index contributed by atoms with van der Waals surface area (Å²) in [6, 6.07) is 10.6. The van der Waals surface area contributed by atoms with Gasteiger partial charge in [0.25, 0.3) is 0 Å². The van der Waals surface area contributed by atoms with Crippen LogP contribution in [0.2, 0.25) is 10.0 Å². The lowest BCUT2D eigenvalue weighted by molar-refractivity contribution is 0.0456. The van der Waals surface area contributed by atoms with Gasteiger partial charge in [0.15, 0.2) is 0 Å². The Labute approximate surface area is 170 Å². The Kier molecular flexibility index (Phi) is 6.31.